The zero-order chi connectivity index (χ0) is 90.1. The van der Waals surface area contributed by atoms with Crippen molar-refractivity contribution in [1.82, 2.24) is 33.6 Å². The third-order valence-corrected chi connectivity index (χ3v) is 28.0. The third kappa shape index (κ3) is 13.4. The van der Waals surface area contributed by atoms with Gasteiger partial charge in [0.1, 0.15) is 0 Å². The lowest BCUT2D eigenvalue weighted by molar-refractivity contribution is 1.17. The van der Waals surface area contributed by atoms with E-state index in [2.05, 4.69) is 499 Å². The normalized spacial score (nSPS) is 11.8. The van der Waals surface area contributed by atoms with Crippen molar-refractivity contribution in [2.45, 2.75) is 0 Å². The number of nitrogens with zero attached hydrogens (tertiary/aromatic N) is 7. The van der Waals surface area contributed by atoms with E-state index in [1.807, 2.05) is 6.07 Å². The smallest absolute Gasteiger partial charge is 0.161 e. The first-order valence-electron chi connectivity index (χ1n) is 46.9. The Morgan fingerprint density at radius 1 is 0.139 bits per heavy atom. The Hall–Kier alpha value is -18.3. The van der Waals surface area contributed by atoms with Gasteiger partial charge in [0.2, 0.25) is 0 Å². The van der Waals surface area contributed by atoms with Crippen molar-refractivity contribution < 1.29 is 0 Å². The molecule has 0 N–H and O–H groups in total. The number of fused-ring (bicyclic) bond motifs is 21. The molecule has 636 valence electrons. The van der Waals surface area contributed by atoms with Gasteiger partial charge in [0.15, 0.2) is 11.6 Å². The van der Waals surface area contributed by atoms with E-state index >= 15 is 0 Å². The molecule has 29 rings (SSSR count). The number of para-hydroxylation sites is 5. The first kappa shape index (κ1) is 78.5. The number of benzene rings is 24. The maximum absolute atomic E-state index is 5.35. The van der Waals surface area contributed by atoms with Crippen LogP contribution >= 0.6 is 0 Å². The topological polar surface area (TPSA) is 66.3 Å². The molecular weight excluding hydrogens is 1660 g/mol. The molecule has 5 aromatic heterocycles. The van der Waals surface area contributed by atoms with Crippen LogP contribution in [0.3, 0.4) is 0 Å². The first-order valence-corrected chi connectivity index (χ1v) is 46.9. The van der Waals surface area contributed by atoms with Gasteiger partial charge >= 0.3 is 0 Å². The van der Waals surface area contributed by atoms with Gasteiger partial charge in [0.05, 0.1) is 61.2 Å². The van der Waals surface area contributed by atoms with Crippen molar-refractivity contribution in [2.24, 2.45) is 0 Å². The molecule has 0 aliphatic carbocycles. The fourth-order valence-corrected chi connectivity index (χ4v) is 21.5. The average molecular weight is 1740 g/mol. The van der Waals surface area contributed by atoms with Gasteiger partial charge < -0.3 is 13.7 Å². The fourth-order valence-electron chi connectivity index (χ4n) is 21.5. The van der Waals surface area contributed by atoms with Gasteiger partial charge in [-0.25, -0.2) is 19.9 Å². The second kappa shape index (κ2) is 32.3. The maximum Gasteiger partial charge on any atom is 0.161 e. The van der Waals surface area contributed by atoms with E-state index < -0.39 is 0 Å². The zero-order valence-electron chi connectivity index (χ0n) is 74.4. The summed E-state index contributed by atoms with van der Waals surface area (Å²) in [5.41, 5.74) is 23.5. The van der Waals surface area contributed by atoms with Crippen LogP contribution < -0.4 is 0 Å². The molecule has 7 heteroatoms. The van der Waals surface area contributed by atoms with Crippen LogP contribution in [0.2, 0.25) is 0 Å². The number of hydrogen-bond acceptors (Lipinski definition) is 4. The van der Waals surface area contributed by atoms with E-state index in [1.165, 1.54) is 180 Å². The molecule has 0 fully saturated rings. The molecule has 0 saturated carbocycles. The van der Waals surface area contributed by atoms with Gasteiger partial charge in [-0.15, -0.1) is 0 Å². The van der Waals surface area contributed by atoms with E-state index in [0.717, 1.165) is 83.4 Å². The molecule has 0 unspecified atom stereocenters. The summed E-state index contributed by atoms with van der Waals surface area (Å²) in [4.78, 5) is 20.9. The van der Waals surface area contributed by atoms with E-state index in [0.29, 0.717) is 5.82 Å². The number of rotatable bonds is 9. The molecule has 137 heavy (non-hydrogen) atoms. The lowest BCUT2D eigenvalue weighted by atomic mass is 9.92. The van der Waals surface area contributed by atoms with Crippen LogP contribution in [0.1, 0.15) is 0 Å². The van der Waals surface area contributed by atoms with Crippen LogP contribution in [-0.4, -0.2) is 33.6 Å². The highest BCUT2D eigenvalue weighted by atomic mass is 15.0. The minimum atomic E-state index is 0.713. The Morgan fingerprint density at radius 2 is 0.526 bits per heavy atom. The summed E-state index contributed by atoms with van der Waals surface area (Å²) in [5, 5.41) is 31.8. The summed E-state index contributed by atoms with van der Waals surface area (Å²) >= 11 is 0. The van der Waals surface area contributed by atoms with E-state index in [9.17, 15) is 0 Å². The van der Waals surface area contributed by atoms with Crippen LogP contribution in [0.5, 0.6) is 0 Å². The second-order valence-electron chi connectivity index (χ2n) is 35.9. The van der Waals surface area contributed by atoms with E-state index in [1.54, 1.807) is 0 Å². The highest BCUT2D eigenvalue weighted by molar-refractivity contribution is 6.19. The van der Waals surface area contributed by atoms with E-state index in [4.69, 9.17) is 19.9 Å². The molecule has 0 radical (unpaired) electrons. The SMILES string of the molecule is c1cc(-c2nc(-c3ccc4c(ccc5ccccc54)c3)c3ccccc3n2)cc(-n2c3ccccc3c3cc4ccccc4cc32)c1.c1ccc(-c2cc(-c3ccc4cc(-n5c6ccccc6c6cc7ccccc7cc65)ccc4c3)cc3ccccc23)cc1.c1ccc2cc3c(cc2c1)c1ccccc1n3-c1ccc(-c2nc(-c3cccc4ccccc34)c3ccccc3n2)c2ccccc12. The van der Waals surface area contributed by atoms with Crippen LogP contribution in [-0.2, 0) is 0 Å². The summed E-state index contributed by atoms with van der Waals surface area (Å²) in [7, 11) is 0. The Balaban J connectivity index is 0.000000104. The number of aromatic nitrogens is 7. The van der Waals surface area contributed by atoms with Gasteiger partial charge in [0.25, 0.3) is 0 Å². The first-order chi connectivity index (χ1) is 67.9. The summed E-state index contributed by atoms with van der Waals surface area (Å²) < 4.78 is 7.21. The summed E-state index contributed by atoms with van der Waals surface area (Å²) in [6.07, 6.45) is 0. The lowest BCUT2D eigenvalue weighted by Gasteiger charge is -2.16. The van der Waals surface area contributed by atoms with Crippen molar-refractivity contribution in [1.29, 1.82) is 0 Å². The monoisotopic (exact) mass is 1740 g/mol. The number of hydrogen-bond donors (Lipinski definition) is 0. The molecule has 29 aromatic rings. The Labute approximate surface area is 788 Å². The van der Waals surface area contributed by atoms with Crippen LogP contribution in [0.25, 0.3) is 269 Å². The van der Waals surface area contributed by atoms with Crippen LogP contribution in [0.15, 0.2) is 491 Å². The van der Waals surface area contributed by atoms with Crippen LogP contribution in [0.4, 0.5) is 0 Å². The maximum atomic E-state index is 5.35. The van der Waals surface area contributed by atoms with Crippen molar-refractivity contribution >= 4 is 184 Å². The standard InChI is InChI=1S/2C44H27N3.C42H27N/c1-2-12-30-27-42-39(26-29(30)11-1)37-16-6-8-19-41(37)47(42)34-14-9-13-33(25-34)44-45-40-18-7-5-17-38(40)43(46-44)32-22-23-36-31(24-32)21-20-28-10-3-4-15-35(28)36;1-2-14-30-27-42-38(26-29(30)13-1)34-19-8-10-23-40(34)47(42)41-25-24-36(32-17-5-6-18-33(32)41)44-45-39-22-9-7-20-37(39)43(46-44)35-21-11-15-28-12-3-4-16-31(28)35;1-2-10-28(11-3-1)39-26-35(23-34-14-6-7-15-37(34)39)32-18-19-33-24-36(21-20-31(33)22-32)43-41-17-9-8-16-38(41)40-25-29-12-4-5-13-30(29)27-42(40)43/h2*1-27H;1-27H. The van der Waals surface area contributed by atoms with Crippen LogP contribution in [0, 0.1) is 0 Å². The van der Waals surface area contributed by atoms with Crippen molar-refractivity contribution in [2.75, 3.05) is 0 Å². The molecular formula is C130H81N7. The molecule has 0 bridgehead atoms. The minimum absolute atomic E-state index is 0.713. The third-order valence-electron chi connectivity index (χ3n) is 28.0. The second-order valence-corrected chi connectivity index (χ2v) is 35.9. The average Bonchev–Trinajstić information content (AvgIpc) is 1.52. The molecule has 0 aliphatic rings. The molecule has 0 saturated heterocycles. The molecule has 5 heterocycles. The highest BCUT2D eigenvalue weighted by Gasteiger charge is 2.24. The van der Waals surface area contributed by atoms with Crippen molar-refractivity contribution in [3.63, 3.8) is 0 Å². The Bertz CT molecular complexity index is 10000. The Kier molecular flexibility index (Phi) is 18.5. The summed E-state index contributed by atoms with van der Waals surface area (Å²) in [5.74, 6) is 1.44. The van der Waals surface area contributed by atoms with Gasteiger partial charge in [0, 0.05) is 82.1 Å². The quantitative estimate of drug-likeness (QED) is 0.135. The van der Waals surface area contributed by atoms with Gasteiger partial charge in [-0.05, 0) is 241 Å². The van der Waals surface area contributed by atoms with Gasteiger partial charge in [-0.2, -0.15) is 0 Å². The predicted molar refractivity (Wildman–Crippen MR) is 579 cm³/mol. The fraction of sp³-hybridized carbons (Fsp3) is 0. The van der Waals surface area contributed by atoms with Gasteiger partial charge in [-0.3, -0.25) is 0 Å². The zero-order valence-corrected chi connectivity index (χ0v) is 74.4. The molecule has 7 nitrogen and oxygen atoms in total. The molecule has 0 atom stereocenters. The Morgan fingerprint density at radius 3 is 1.15 bits per heavy atom. The molecule has 0 aliphatic heterocycles. The van der Waals surface area contributed by atoms with Gasteiger partial charge in [-0.1, -0.05) is 364 Å². The largest absolute Gasteiger partial charge is 0.309 e. The van der Waals surface area contributed by atoms with E-state index in [-0.39, 0.29) is 0 Å². The van der Waals surface area contributed by atoms with Crippen molar-refractivity contribution in [3.8, 4) is 84.6 Å². The molecule has 0 spiro atoms. The minimum Gasteiger partial charge on any atom is -0.309 e. The molecule has 24 aromatic carbocycles. The predicted octanol–water partition coefficient (Wildman–Crippen LogP) is 34.6. The highest BCUT2D eigenvalue weighted by Crippen LogP contribution is 2.46. The molecule has 0 amide bonds. The lowest BCUT2D eigenvalue weighted by Crippen LogP contribution is -1.99. The summed E-state index contributed by atoms with van der Waals surface area (Å²) in [6.45, 7) is 0. The summed E-state index contributed by atoms with van der Waals surface area (Å²) in [6, 6.07) is 177. The van der Waals surface area contributed by atoms with Crippen molar-refractivity contribution in [3.05, 3.63) is 491 Å².